The van der Waals surface area contributed by atoms with Crippen molar-refractivity contribution in [3.63, 3.8) is 0 Å². The fourth-order valence-electron chi connectivity index (χ4n) is 15.9. The number of aliphatic hydroxyl groups is 1. The monoisotopic (exact) mass is 1880 g/mol. The Kier molecular flexibility index (Phi) is 38.2. The molecule has 0 aliphatic carbocycles. The van der Waals surface area contributed by atoms with Crippen molar-refractivity contribution in [2.75, 3.05) is 79.4 Å². The zero-order valence-electron chi connectivity index (χ0n) is 76.0. The molecule has 43 nitrogen and oxygen atoms in total. The minimum atomic E-state index is -1.81. The maximum absolute atomic E-state index is 14.6. The van der Waals surface area contributed by atoms with Crippen LogP contribution in [0.2, 0.25) is 0 Å². The molecule has 724 valence electrons. The molecule has 3 aromatic heterocycles. The molecule has 3 unspecified atom stereocenters. The number of benzene rings is 4. The molecule has 0 bridgehead atoms. The smallest absolute Gasteiger partial charge is 0.326 e. The van der Waals surface area contributed by atoms with Crippen LogP contribution >= 0.6 is 11.8 Å². The number of phenolic OH excluding ortho intramolecular Hbond substituents is 1. The number of nitrogens with one attached hydrogen (secondary N) is 15. The van der Waals surface area contributed by atoms with E-state index in [-0.39, 0.29) is 141 Å². The van der Waals surface area contributed by atoms with Crippen LogP contribution in [0.4, 0.5) is 23.1 Å². The summed E-state index contributed by atoms with van der Waals surface area (Å²) in [6.45, 7) is 13.4. The first-order valence-electron chi connectivity index (χ1n) is 44.9. The first-order chi connectivity index (χ1) is 64.6. The summed E-state index contributed by atoms with van der Waals surface area (Å²) >= 11 is 1.89. The average molecular weight is 1890 g/mol. The molecule has 12 atom stereocenters. The number of H-pyrrole nitrogens is 3. The fraction of sp³-hybridized carbons (Fsp3) is 0.462. The molecule has 24 N–H and O–H groups in total. The molecule has 0 radical (unpaired) electrons. The molecule has 0 spiro atoms. The van der Waals surface area contributed by atoms with E-state index in [1.165, 1.54) is 83.8 Å². The topological polar surface area (TPSA) is 647 Å². The molecule has 44 heteroatoms. The molecule has 4 aromatic carbocycles. The number of aromatic amines is 3. The number of amides is 10. The third-order valence-electron chi connectivity index (χ3n) is 22.9. The predicted molar refractivity (Wildman–Crippen MR) is 505 cm³/mol. The number of aliphatic imine (C=N–C) groups is 2. The van der Waals surface area contributed by atoms with E-state index in [4.69, 9.17) is 22.2 Å². The molecule has 10 amide bonds. The summed E-state index contributed by atoms with van der Waals surface area (Å²) in [5.74, 6) is -8.88. The Balaban J connectivity index is 0.000000315. The van der Waals surface area contributed by atoms with Crippen molar-refractivity contribution in [2.45, 2.75) is 198 Å². The average Bonchev–Trinajstić information content (AvgIpc) is 1.74. The number of para-hydroxylation sites is 1. The number of carboxylic acid groups (broad SMARTS) is 1. The van der Waals surface area contributed by atoms with Gasteiger partial charge in [0.1, 0.15) is 65.9 Å². The fourth-order valence-corrected chi connectivity index (χ4v) is 16.9. The minimum absolute atomic E-state index is 0.00672. The molecule has 7 aromatic rings. The first kappa shape index (κ1) is 103. The van der Waals surface area contributed by atoms with Crippen molar-refractivity contribution in [3.05, 3.63) is 160 Å². The number of aromatic nitrogens is 5. The lowest BCUT2D eigenvalue weighted by Gasteiger charge is -2.34. The number of imidazole rings is 1. The molecule has 8 heterocycles. The van der Waals surface area contributed by atoms with Gasteiger partial charge in [-0.15, -0.1) is 0 Å². The lowest BCUT2D eigenvalue weighted by Crippen LogP contribution is -2.61. The normalized spacial score (nSPS) is 17.7. The van der Waals surface area contributed by atoms with Gasteiger partial charge >= 0.3 is 5.97 Å². The zero-order chi connectivity index (χ0) is 97.5. The number of rotatable bonds is 45. The van der Waals surface area contributed by atoms with Crippen molar-refractivity contribution in [3.8, 4) is 5.75 Å². The van der Waals surface area contributed by atoms with Gasteiger partial charge in [-0.3, -0.25) is 77.3 Å². The number of guanidine groups is 1. The highest BCUT2D eigenvalue weighted by Gasteiger charge is 2.41. The largest absolute Gasteiger partial charge is 0.508 e. The van der Waals surface area contributed by atoms with Crippen molar-refractivity contribution in [1.29, 1.82) is 0 Å². The van der Waals surface area contributed by atoms with Crippen LogP contribution in [0.15, 0.2) is 137 Å². The zero-order valence-corrected chi connectivity index (χ0v) is 76.8. The van der Waals surface area contributed by atoms with Crippen molar-refractivity contribution < 1.29 is 82.4 Å². The van der Waals surface area contributed by atoms with Gasteiger partial charge in [-0.25, -0.2) is 20.2 Å². The van der Waals surface area contributed by atoms with Crippen LogP contribution in [0.5, 0.6) is 5.75 Å². The van der Waals surface area contributed by atoms with E-state index in [1.54, 1.807) is 47.6 Å². The van der Waals surface area contributed by atoms with Crippen LogP contribution in [-0.2, 0) is 81.6 Å². The highest BCUT2D eigenvalue weighted by molar-refractivity contribution is 8.14. The Morgan fingerprint density at radius 2 is 1.35 bits per heavy atom. The van der Waals surface area contributed by atoms with E-state index in [1.807, 2.05) is 46.4 Å². The molecule has 135 heavy (non-hydrogen) atoms. The molecule has 0 saturated carbocycles. The summed E-state index contributed by atoms with van der Waals surface area (Å²) in [5, 5.41) is 63.7. The standard InChI is InChI=1S/C59H84N16O12.C21H25N7O6.C11H12N2S/c1-6-63-58(87)48-14-10-22-75(48)74-41(13-9-21-64-59(60)61)53(82)70-44(23-32(2)3)54(83)71-45(24-33(4)5)55(84)72-46(25-34-15-17-37(77)18-16-34)56(85)73-47(30-76)57(86)68-42(26-35-28-65-39-12-8-7-11-38(35)39)50(79)51(80)43(27-36-29-62-31-66-36)69-52(81)40-19-20-49(78)67-40;1-11(30)2-7-15(20(33)34)25-18(31)12-3-5-13(6-4-12)23-8-14-9-24-17-16(28(14)10-29)19(32)27-21(22)26-17;1-2-4-9(5-3-1)10-8-13-6-7-14-11(13)12-10/h7-8,11-12,15-18,28-29,31-33,40-48,65,74,76-77H,6,9-10,13-14,19-27,30H2,1-5H3,(H,62,66)(H,63,87)(H,67,78)(H,68,86)(H,69,81)(H,70,82)(H,71,83)(H,72,84)(H,73,85)(H4,60,61,64);3-6,10,14-15,23H,2,7-9H2,1H3,(H,25,31)(H,33,34)(H4,22,24,26,27,32);1-5,10H,6-8H2/t40?,41-,42+,43-,44-,45-,46+,47-,48?;14?,15-;10-/m001/s1. The Bertz CT molecular complexity index is 5420. The summed E-state index contributed by atoms with van der Waals surface area (Å²) in [7, 11) is 0. The molecule has 5 aliphatic heterocycles. The number of thioether (sulfide) groups is 1. The van der Waals surface area contributed by atoms with E-state index >= 15 is 0 Å². The molecule has 12 rings (SSSR count). The number of hydrogen-bond donors (Lipinski definition) is 21. The number of nitrogens with two attached hydrogens (primary N) is 3. The van der Waals surface area contributed by atoms with E-state index in [2.05, 4.69) is 129 Å². The Labute approximate surface area is 782 Å². The summed E-state index contributed by atoms with van der Waals surface area (Å²) in [6.07, 6.45) is 6.43. The number of nitrogens with zero attached hydrogens (tertiary/aromatic N) is 7. The number of aliphatic hydroxyl groups excluding tert-OH is 1. The van der Waals surface area contributed by atoms with Gasteiger partial charge in [-0.05, 0) is 136 Å². The van der Waals surface area contributed by atoms with Crippen LogP contribution in [0, 0.1) is 11.8 Å². The molecule has 3 fully saturated rings. The van der Waals surface area contributed by atoms with Gasteiger partial charge in [0.05, 0.1) is 31.1 Å². The number of aromatic hydroxyl groups is 1. The highest BCUT2D eigenvalue weighted by Crippen LogP contribution is 2.33. The van der Waals surface area contributed by atoms with Gasteiger partial charge < -0.3 is 116 Å². The number of carboxylic acids is 1. The van der Waals surface area contributed by atoms with Crippen LogP contribution in [0.25, 0.3) is 10.9 Å². The van der Waals surface area contributed by atoms with Crippen LogP contribution in [-0.4, -0.2) is 269 Å². The molecular weight excluding hydrogens is 1760 g/mol. The number of ketones is 3. The van der Waals surface area contributed by atoms with E-state index in [0.29, 0.717) is 84.8 Å². The number of anilines is 4. The maximum Gasteiger partial charge on any atom is 0.326 e. The maximum atomic E-state index is 14.6. The molecule has 3 saturated heterocycles. The SMILES string of the molecule is CC(=O)CC[C@H](NC(=O)c1ccc(NCC2CNc3nc(N)[nH]c(=O)c3N2C=O)cc1)C(=O)O.CCNC(=O)C1CCCN1N[C@@H](CCCN=C(N)N)C(=O)N[C@@H](CC(C)C)C(=O)N[C@@H](CC(C)C)C(=O)N[C@H](Cc1ccc(O)cc1)C(=O)N[C@@H](CO)C(=O)N[C@H](Cc1c[nH]c2ccccc12)C(=O)C(=O)[C@H](Cc1cnc[nH]1)NC(=O)C1CCC(=O)N1.c1ccc([C@H]2CN3CCSC3=N2)cc1. The van der Waals surface area contributed by atoms with Gasteiger partial charge in [0.25, 0.3) is 11.5 Å². The Hall–Kier alpha value is -14.1. The number of hydrazine groups is 1. The summed E-state index contributed by atoms with van der Waals surface area (Å²) < 4.78 is 0. The number of Topliss-reactive ketones (excluding diaryl/α,β-unsaturated/α-hetero) is 3. The van der Waals surface area contributed by atoms with Crippen LogP contribution in [0.1, 0.15) is 145 Å². The predicted octanol–water partition coefficient (Wildman–Crippen LogP) is 0.481. The van der Waals surface area contributed by atoms with Crippen LogP contribution in [0.3, 0.4) is 0 Å². The number of phenols is 1. The second-order valence-electron chi connectivity index (χ2n) is 34.2. The van der Waals surface area contributed by atoms with E-state index < -0.39 is 138 Å². The number of aliphatic carboxylic acids is 1. The third kappa shape index (κ3) is 30.2. The number of carbonyl (C=O) groups excluding carboxylic acids is 13. The first-order valence-corrected chi connectivity index (χ1v) is 45.9. The van der Waals surface area contributed by atoms with E-state index in [9.17, 15) is 87.2 Å². The lowest BCUT2D eigenvalue weighted by molar-refractivity contribution is -0.141. The Morgan fingerprint density at radius 3 is 1.97 bits per heavy atom. The highest BCUT2D eigenvalue weighted by atomic mass is 32.2. The van der Waals surface area contributed by atoms with Crippen molar-refractivity contribution >= 4 is 140 Å². The number of nitrogen functional groups attached to an aromatic ring is 1. The second kappa shape index (κ2) is 50.1. The van der Waals surface area contributed by atoms with Crippen molar-refractivity contribution in [2.24, 2.45) is 33.3 Å². The summed E-state index contributed by atoms with van der Waals surface area (Å²) in [4.78, 5) is 227. The summed E-state index contributed by atoms with van der Waals surface area (Å²) in [5.41, 5.74) is 23.6. The van der Waals surface area contributed by atoms with Crippen LogP contribution < -0.4 is 91.6 Å². The summed E-state index contributed by atoms with van der Waals surface area (Å²) in [6, 6.07) is 17.0. The lowest BCUT2D eigenvalue weighted by atomic mass is 9.94. The van der Waals surface area contributed by atoms with Gasteiger partial charge in [0.15, 0.2) is 22.6 Å². The Morgan fingerprint density at radius 1 is 0.704 bits per heavy atom. The van der Waals surface area contributed by atoms with Gasteiger partial charge in [-0.2, -0.15) is 4.98 Å². The number of fused-ring (bicyclic) bond motifs is 3. The van der Waals surface area contributed by atoms with Gasteiger partial charge in [-0.1, -0.05) is 100 Å². The van der Waals surface area contributed by atoms with E-state index in [0.717, 1.165) is 6.54 Å². The quantitative estimate of drug-likeness (QED) is 0.00811. The third-order valence-corrected chi connectivity index (χ3v) is 23.9. The number of hydrogen-bond acceptors (Lipinski definition) is 28. The number of likely N-dealkylation sites (N-methyl/N-ethyl adjacent to an activating group) is 1. The van der Waals surface area contributed by atoms with Gasteiger partial charge in [0, 0.05) is 124 Å². The van der Waals surface area contributed by atoms with Crippen molar-refractivity contribution in [1.82, 2.24) is 88.1 Å². The molecule has 5 aliphatic rings. The minimum Gasteiger partial charge on any atom is -0.508 e. The molecular formula is C91H121N25O18S. The number of carbonyl (C=O) groups is 14. The van der Waals surface area contributed by atoms with Gasteiger partial charge in [0.2, 0.25) is 71.2 Å². The number of amidine groups is 1. The second-order valence-corrected chi connectivity index (χ2v) is 35.2.